The van der Waals surface area contributed by atoms with Crippen LogP contribution in [0.2, 0.25) is 0 Å². The summed E-state index contributed by atoms with van der Waals surface area (Å²) in [6.07, 6.45) is 7.45. The van der Waals surface area contributed by atoms with E-state index in [-0.39, 0.29) is 35.8 Å². The van der Waals surface area contributed by atoms with Crippen LogP contribution >= 0.6 is 0 Å². The maximum absolute atomic E-state index is 14.3. The highest BCUT2D eigenvalue weighted by molar-refractivity contribution is 6.38. The van der Waals surface area contributed by atoms with Gasteiger partial charge in [-0.25, -0.2) is 4.98 Å². The van der Waals surface area contributed by atoms with Crippen LogP contribution in [0.1, 0.15) is 95.7 Å². The number of likely N-dealkylation sites (tertiary alicyclic amines) is 1. The van der Waals surface area contributed by atoms with Crippen LogP contribution in [0.15, 0.2) is 48.9 Å². The van der Waals surface area contributed by atoms with Crippen molar-refractivity contribution < 1.29 is 28.8 Å². The lowest BCUT2D eigenvalue weighted by atomic mass is 9.92. The van der Waals surface area contributed by atoms with Crippen LogP contribution in [0.3, 0.4) is 0 Å². The number of rotatable bonds is 15. The van der Waals surface area contributed by atoms with Crippen LogP contribution in [0.5, 0.6) is 0 Å². The quantitative estimate of drug-likeness (QED) is 0.206. The second-order valence-corrected chi connectivity index (χ2v) is 14.1. The molecule has 4 N–H and O–H groups in total. The second kappa shape index (κ2) is 17.3. The van der Waals surface area contributed by atoms with Crippen molar-refractivity contribution in [3.8, 4) is 0 Å². The summed E-state index contributed by atoms with van der Waals surface area (Å²) in [4.78, 5) is 90.8. The molecule has 2 aliphatic rings. The SMILES string of the molecule is CCC[C@H](NC(=O)[C@@H]1[C@H]2CCC[C@H]2CN1C(=O)[C@@H](NC(=O)[C@@H](NC(=O)c1cnccn1)C(C)C)C(C)C)C(=O)C(=O)N[C@@H](C)c1ccccc1. The van der Waals surface area contributed by atoms with Crippen molar-refractivity contribution in [1.29, 1.82) is 0 Å². The molecule has 5 amide bonds. The van der Waals surface area contributed by atoms with Gasteiger partial charge in [-0.15, -0.1) is 0 Å². The second-order valence-electron chi connectivity index (χ2n) is 14.1. The average Bonchev–Trinajstić information content (AvgIpc) is 3.71. The van der Waals surface area contributed by atoms with E-state index in [4.69, 9.17) is 0 Å². The average molecular weight is 690 g/mol. The molecule has 7 atom stereocenters. The molecule has 1 aromatic carbocycles. The molecule has 2 aromatic rings. The summed E-state index contributed by atoms with van der Waals surface area (Å²) in [5.74, 6) is -4.18. The lowest BCUT2D eigenvalue weighted by Crippen LogP contribution is -2.60. The van der Waals surface area contributed by atoms with E-state index in [0.717, 1.165) is 24.8 Å². The van der Waals surface area contributed by atoms with E-state index in [0.29, 0.717) is 13.0 Å². The summed E-state index contributed by atoms with van der Waals surface area (Å²) in [7, 11) is 0. The minimum atomic E-state index is -1.06. The van der Waals surface area contributed by atoms with Gasteiger partial charge in [0, 0.05) is 18.9 Å². The first kappa shape index (κ1) is 38.1. The topological polar surface area (TPSA) is 180 Å². The standard InChI is InChI=1S/C37H51N7O6/c1-7-12-27(32(45)36(49)40-23(6)24-13-9-8-10-14-24)41-35(48)31-26-16-11-15-25(26)20-44(31)37(50)30(22(4)5)43-34(47)29(21(2)3)42-33(46)28-19-38-17-18-39-28/h8-10,13-14,17-19,21-23,25-27,29-31H,7,11-12,15-16,20H2,1-6H3,(H,40,49)(H,41,48)(H,42,46)(H,43,47)/t23-,25-,26-,27-,29-,30-,31-/m0/s1. The molecule has 0 unspecified atom stereocenters. The molecule has 2 heterocycles. The van der Waals surface area contributed by atoms with E-state index in [2.05, 4.69) is 31.2 Å². The number of nitrogens with zero attached hydrogens (tertiary/aromatic N) is 3. The Balaban J connectivity index is 1.49. The number of benzene rings is 1. The van der Waals surface area contributed by atoms with Gasteiger partial charge in [0.25, 0.3) is 11.8 Å². The molecule has 1 aliphatic heterocycles. The molecule has 13 heteroatoms. The first-order valence-electron chi connectivity index (χ1n) is 17.7. The van der Waals surface area contributed by atoms with E-state index < -0.39 is 65.5 Å². The van der Waals surface area contributed by atoms with Gasteiger partial charge in [-0.2, -0.15) is 0 Å². The number of carbonyl (C=O) groups is 6. The summed E-state index contributed by atoms with van der Waals surface area (Å²) in [5, 5.41) is 11.2. The summed E-state index contributed by atoms with van der Waals surface area (Å²) in [5.41, 5.74) is 0.902. The van der Waals surface area contributed by atoms with Gasteiger partial charge in [0.2, 0.25) is 23.5 Å². The van der Waals surface area contributed by atoms with E-state index in [1.54, 1.807) is 25.7 Å². The minimum Gasteiger partial charge on any atom is -0.344 e. The van der Waals surface area contributed by atoms with Crippen LogP contribution in [-0.4, -0.2) is 80.9 Å². The third kappa shape index (κ3) is 9.10. The summed E-state index contributed by atoms with van der Waals surface area (Å²) < 4.78 is 0. The number of fused-ring (bicyclic) bond motifs is 1. The van der Waals surface area contributed by atoms with Gasteiger partial charge < -0.3 is 26.2 Å². The summed E-state index contributed by atoms with van der Waals surface area (Å²) in [6, 6.07) is 5.01. The highest BCUT2D eigenvalue weighted by atomic mass is 16.2. The third-order valence-corrected chi connectivity index (χ3v) is 9.79. The van der Waals surface area contributed by atoms with E-state index >= 15 is 0 Å². The fourth-order valence-electron chi connectivity index (χ4n) is 7.04. The minimum absolute atomic E-state index is 0.0583. The Morgan fingerprint density at radius 2 is 1.56 bits per heavy atom. The van der Waals surface area contributed by atoms with Gasteiger partial charge in [0.15, 0.2) is 0 Å². The predicted octanol–water partition coefficient (Wildman–Crippen LogP) is 2.73. The number of aromatic nitrogens is 2. The molecule has 50 heavy (non-hydrogen) atoms. The molecular formula is C37H51N7O6. The highest BCUT2D eigenvalue weighted by Gasteiger charge is 2.51. The van der Waals surface area contributed by atoms with Crippen molar-refractivity contribution >= 4 is 35.3 Å². The van der Waals surface area contributed by atoms with Crippen molar-refractivity contribution in [2.45, 2.75) is 104 Å². The molecule has 13 nitrogen and oxygen atoms in total. The van der Waals surface area contributed by atoms with Crippen molar-refractivity contribution in [2.24, 2.45) is 23.7 Å². The molecule has 0 bridgehead atoms. The summed E-state index contributed by atoms with van der Waals surface area (Å²) in [6.45, 7) is 11.2. The molecular weight excluding hydrogens is 638 g/mol. The number of Topliss-reactive ketones (excluding diaryl/α,β-unsaturated/α-hetero) is 1. The Bertz CT molecular complexity index is 1520. The molecule has 2 fully saturated rings. The first-order valence-corrected chi connectivity index (χ1v) is 17.7. The molecule has 1 saturated carbocycles. The van der Waals surface area contributed by atoms with Crippen LogP contribution in [-0.2, 0) is 24.0 Å². The molecule has 1 saturated heterocycles. The van der Waals surface area contributed by atoms with Crippen molar-refractivity contribution in [1.82, 2.24) is 36.1 Å². The zero-order valence-corrected chi connectivity index (χ0v) is 29.8. The lowest BCUT2D eigenvalue weighted by Gasteiger charge is -2.34. The van der Waals surface area contributed by atoms with Crippen molar-refractivity contribution in [3.05, 3.63) is 60.2 Å². The lowest BCUT2D eigenvalue weighted by molar-refractivity contribution is -0.145. The fourth-order valence-corrected chi connectivity index (χ4v) is 7.04. The van der Waals surface area contributed by atoms with Gasteiger partial charge >= 0.3 is 0 Å². The van der Waals surface area contributed by atoms with Crippen LogP contribution in [0.25, 0.3) is 0 Å². The van der Waals surface area contributed by atoms with Crippen LogP contribution in [0.4, 0.5) is 0 Å². The van der Waals surface area contributed by atoms with Crippen LogP contribution < -0.4 is 21.3 Å². The molecule has 1 aliphatic carbocycles. The van der Waals surface area contributed by atoms with E-state index in [1.165, 1.54) is 18.6 Å². The highest BCUT2D eigenvalue weighted by Crippen LogP contribution is 2.42. The number of hydrogen-bond acceptors (Lipinski definition) is 8. The number of amides is 5. The van der Waals surface area contributed by atoms with Crippen molar-refractivity contribution in [2.75, 3.05) is 6.54 Å². The number of carbonyl (C=O) groups excluding carboxylic acids is 6. The monoisotopic (exact) mass is 689 g/mol. The molecule has 270 valence electrons. The molecule has 0 radical (unpaired) electrons. The first-order chi connectivity index (χ1) is 23.8. The smallest absolute Gasteiger partial charge is 0.290 e. The maximum Gasteiger partial charge on any atom is 0.290 e. The largest absolute Gasteiger partial charge is 0.344 e. The third-order valence-electron chi connectivity index (χ3n) is 9.79. The Morgan fingerprint density at radius 3 is 2.18 bits per heavy atom. The predicted molar refractivity (Wildman–Crippen MR) is 186 cm³/mol. The maximum atomic E-state index is 14.3. The zero-order valence-electron chi connectivity index (χ0n) is 29.8. The van der Waals surface area contributed by atoms with Gasteiger partial charge in [0.05, 0.1) is 18.3 Å². The molecule has 0 spiro atoms. The number of hydrogen-bond donors (Lipinski definition) is 4. The molecule has 4 rings (SSSR count). The Morgan fingerprint density at radius 1 is 0.860 bits per heavy atom. The Kier molecular flexibility index (Phi) is 13.2. The van der Waals surface area contributed by atoms with E-state index in [1.807, 2.05) is 51.1 Å². The fraction of sp³-hybridized carbons (Fsp3) is 0.568. The number of ketones is 1. The van der Waals surface area contributed by atoms with Crippen LogP contribution in [0, 0.1) is 23.7 Å². The summed E-state index contributed by atoms with van der Waals surface area (Å²) >= 11 is 0. The van der Waals surface area contributed by atoms with Gasteiger partial charge in [-0.3, -0.25) is 33.8 Å². The zero-order chi connectivity index (χ0) is 36.5. The molecule has 1 aromatic heterocycles. The van der Waals surface area contributed by atoms with Gasteiger partial charge in [-0.05, 0) is 55.4 Å². The van der Waals surface area contributed by atoms with Gasteiger partial charge in [-0.1, -0.05) is 77.8 Å². The van der Waals surface area contributed by atoms with E-state index in [9.17, 15) is 28.8 Å². The number of nitrogens with one attached hydrogen (secondary N) is 4. The normalized spacial score (nSPS) is 20.7. The van der Waals surface area contributed by atoms with Gasteiger partial charge in [0.1, 0.15) is 23.8 Å². The Labute approximate surface area is 294 Å². The Hall–Kier alpha value is -4.68. The van der Waals surface area contributed by atoms with Crippen molar-refractivity contribution in [3.63, 3.8) is 0 Å².